The van der Waals surface area contributed by atoms with E-state index in [-0.39, 0.29) is 17.0 Å². The highest BCUT2D eigenvalue weighted by molar-refractivity contribution is 5.86. The highest BCUT2D eigenvalue weighted by Crippen LogP contribution is 2.22. The molecule has 7 nitrogen and oxygen atoms in total. The first-order valence-corrected chi connectivity index (χ1v) is 5.61. The fraction of sp³-hybridized carbons (Fsp3) is 0.0769. The first-order valence-electron chi connectivity index (χ1n) is 5.61. The molecule has 0 aliphatic heterocycles. The van der Waals surface area contributed by atoms with Crippen molar-refractivity contribution in [3.63, 3.8) is 0 Å². The number of hydrogen-bond donors (Lipinski definition) is 1. The Labute approximate surface area is 114 Å². The number of methoxy groups -OCH3 is 1. The van der Waals surface area contributed by atoms with Crippen molar-refractivity contribution in [1.29, 1.82) is 0 Å². The van der Waals surface area contributed by atoms with Gasteiger partial charge in [0.1, 0.15) is 5.75 Å². The average molecular weight is 273 g/mol. The molecule has 1 N–H and O–H groups in total. The SMILES string of the molecule is COc1ccc(N=Cc2cc([N+](=O)[O-])ccc2O)cn1. The van der Waals surface area contributed by atoms with E-state index in [0.29, 0.717) is 11.6 Å². The van der Waals surface area contributed by atoms with Crippen LogP contribution in [-0.2, 0) is 0 Å². The third kappa shape index (κ3) is 3.08. The molecule has 2 aromatic rings. The quantitative estimate of drug-likeness (QED) is 0.524. The van der Waals surface area contributed by atoms with Gasteiger partial charge < -0.3 is 9.84 Å². The van der Waals surface area contributed by atoms with Gasteiger partial charge in [0.25, 0.3) is 5.69 Å². The lowest BCUT2D eigenvalue weighted by Gasteiger charge is -1.99. The fourth-order valence-corrected chi connectivity index (χ4v) is 1.47. The molecule has 0 spiro atoms. The van der Waals surface area contributed by atoms with Crippen LogP contribution in [0.1, 0.15) is 5.56 Å². The smallest absolute Gasteiger partial charge is 0.270 e. The van der Waals surface area contributed by atoms with Gasteiger partial charge in [-0.25, -0.2) is 4.98 Å². The predicted octanol–water partition coefficient (Wildman–Crippen LogP) is 2.45. The number of aliphatic imine (C=N–C) groups is 1. The third-order valence-electron chi connectivity index (χ3n) is 2.50. The molecule has 0 atom stereocenters. The fourth-order valence-electron chi connectivity index (χ4n) is 1.47. The van der Waals surface area contributed by atoms with Crippen LogP contribution < -0.4 is 4.74 Å². The summed E-state index contributed by atoms with van der Waals surface area (Å²) >= 11 is 0. The molecular formula is C13H11N3O4. The maximum atomic E-state index is 10.7. The van der Waals surface area contributed by atoms with Crippen molar-refractivity contribution in [3.8, 4) is 11.6 Å². The van der Waals surface area contributed by atoms with Crippen LogP contribution in [0.3, 0.4) is 0 Å². The van der Waals surface area contributed by atoms with E-state index in [1.807, 2.05) is 0 Å². The van der Waals surface area contributed by atoms with Gasteiger partial charge >= 0.3 is 0 Å². The minimum Gasteiger partial charge on any atom is -0.507 e. The van der Waals surface area contributed by atoms with Crippen LogP contribution >= 0.6 is 0 Å². The topological polar surface area (TPSA) is 97.9 Å². The van der Waals surface area contributed by atoms with Crippen LogP contribution in [0.4, 0.5) is 11.4 Å². The van der Waals surface area contributed by atoms with Crippen LogP contribution in [0.25, 0.3) is 0 Å². The van der Waals surface area contributed by atoms with Crippen molar-refractivity contribution in [2.75, 3.05) is 7.11 Å². The van der Waals surface area contributed by atoms with Gasteiger partial charge in [0.15, 0.2) is 0 Å². The van der Waals surface area contributed by atoms with Gasteiger partial charge in [0, 0.05) is 30.0 Å². The first kappa shape index (κ1) is 13.5. The number of benzene rings is 1. The number of nitro groups is 1. The number of non-ortho nitro benzene ring substituents is 1. The van der Waals surface area contributed by atoms with Gasteiger partial charge in [-0.1, -0.05) is 0 Å². The number of nitrogens with zero attached hydrogens (tertiary/aromatic N) is 3. The molecule has 0 amide bonds. The Kier molecular flexibility index (Phi) is 3.90. The molecule has 0 radical (unpaired) electrons. The number of nitro benzene ring substituents is 1. The highest BCUT2D eigenvalue weighted by Gasteiger charge is 2.08. The van der Waals surface area contributed by atoms with Crippen molar-refractivity contribution in [2.45, 2.75) is 0 Å². The molecular weight excluding hydrogens is 262 g/mol. The molecule has 0 aliphatic rings. The van der Waals surface area contributed by atoms with Gasteiger partial charge in [-0.3, -0.25) is 15.1 Å². The molecule has 0 saturated heterocycles. The predicted molar refractivity (Wildman–Crippen MR) is 72.8 cm³/mol. The van der Waals surface area contributed by atoms with Gasteiger partial charge in [-0.15, -0.1) is 0 Å². The lowest BCUT2D eigenvalue weighted by molar-refractivity contribution is -0.384. The largest absolute Gasteiger partial charge is 0.507 e. The molecule has 1 aromatic heterocycles. The number of pyridine rings is 1. The van der Waals surface area contributed by atoms with Crippen LogP contribution in [0.5, 0.6) is 11.6 Å². The Morgan fingerprint density at radius 2 is 2.20 bits per heavy atom. The lowest BCUT2D eigenvalue weighted by atomic mass is 10.2. The molecule has 102 valence electrons. The monoisotopic (exact) mass is 273 g/mol. The van der Waals surface area contributed by atoms with Crippen LogP contribution in [-0.4, -0.2) is 28.3 Å². The van der Waals surface area contributed by atoms with Crippen LogP contribution in [0.2, 0.25) is 0 Å². The van der Waals surface area contributed by atoms with Crippen molar-refractivity contribution in [3.05, 3.63) is 52.2 Å². The molecule has 0 bridgehead atoms. The minimum atomic E-state index is -0.536. The summed E-state index contributed by atoms with van der Waals surface area (Å²) in [5.74, 6) is 0.378. The Hall–Kier alpha value is -2.96. The Bertz CT molecular complexity index is 653. The molecule has 0 fully saturated rings. The number of phenolic OH excluding ortho intramolecular Hbond substituents is 1. The van der Waals surface area contributed by atoms with E-state index in [0.717, 1.165) is 0 Å². The third-order valence-corrected chi connectivity index (χ3v) is 2.50. The Morgan fingerprint density at radius 3 is 2.80 bits per heavy atom. The van der Waals surface area contributed by atoms with E-state index in [1.165, 1.54) is 37.7 Å². The van der Waals surface area contributed by atoms with E-state index >= 15 is 0 Å². The van der Waals surface area contributed by atoms with Crippen LogP contribution in [0, 0.1) is 10.1 Å². The lowest BCUT2D eigenvalue weighted by Crippen LogP contribution is -1.90. The summed E-state index contributed by atoms with van der Waals surface area (Å²) < 4.78 is 4.92. The summed E-state index contributed by atoms with van der Waals surface area (Å²) in [4.78, 5) is 18.2. The number of hydrogen-bond acceptors (Lipinski definition) is 6. The normalized spacial score (nSPS) is 10.7. The molecule has 1 heterocycles. The van der Waals surface area contributed by atoms with Crippen molar-refractivity contribution in [1.82, 2.24) is 4.98 Å². The summed E-state index contributed by atoms with van der Waals surface area (Å²) in [6.45, 7) is 0. The Balaban J connectivity index is 2.25. The zero-order valence-electron chi connectivity index (χ0n) is 10.6. The molecule has 1 aromatic carbocycles. The van der Waals surface area contributed by atoms with Crippen molar-refractivity contribution in [2.24, 2.45) is 4.99 Å². The number of aromatic nitrogens is 1. The van der Waals surface area contributed by atoms with E-state index in [9.17, 15) is 15.2 Å². The molecule has 2 rings (SSSR count). The minimum absolute atomic E-state index is 0.0826. The van der Waals surface area contributed by atoms with Gasteiger partial charge in [-0.2, -0.15) is 0 Å². The van der Waals surface area contributed by atoms with Gasteiger partial charge in [-0.05, 0) is 12.1 Å². The maximum Gasteiger partial charge on any atom is 0.270 e. The number of ether oxygens (including phenoxy) is 1. The zero-order valence-corrected chi connectivity index (χ0v) is 10.6. The van der Waals surface area contributed by atoms with Crippen molar-refractivity contribution >= 4 is 17.6 Å². The molecule has 20 heavy (non-hydrogen) atoms. The van der Waals surface area contributed by atoms with Crippen molar-refractivity contribution < 1.29 is 14.8 Å². The second kappa shape index (κ2) is 5.79. The maximum absolute atomic E-state index is 10.7. The standard InChI is InChI=1S/C13H11N3O4/c1-20-13-5-2-10(8-15-13)14-7-9-6-11(16(18)19)3-4-12(9)17/h2-8,17H,1H3. The van der Waals surface area contributed by atoms with E-state index in [4.69, 9.17) is 4.74 Å². The zero-order chi connectivity index (χ0) is 14.5. The van der Waals surface area contributed by atoms with Gasteiger partial charge in [0.05, 0.1) is 23.9 Å². The average Bonchev–Trinajstić information content (AvgIpc) is 2.46. The van der Waals surface area contributed by atoms with Crippen LogP contribution in [0.15, 0.2) is 41.5 Å². The highest BCUT2D eigenvalue weighted by atomic mass is 16.6. The number of phenols is 1. The molecule has 0 aliphatic carbocycles. The Morgan fingerprint density at radius 1 is 1.40 bits per heavy atom. The number of rotatable bonds is 4. The molecule has 0 saturated carbocycles. The van der Waals surface area contributed by atoms with E-state index in [2.05, 4.69) is 9.98 Å². The summed E-state index contributed by atoms with van der Waals surface area (Å²) in [7, 11) is 1.51. The molecule has 0 unspecified atom stereocenters. The summed E-state index contributed by atoms with van der Waals surface area (Å²) in [5, 5.41) is 20.3. The molecule has 7 heteroatoms. The summed E-state index contributed by atoms with van der Waals surface area (Å²) in [5.41, 5.74) is 0.684. The number of aromatic hydroxyl groups is 1. The summed E-state index contributed by atoms with van der Waals surface area (Å²) in [6.07, 6.45) is 2.83. The van der Waals surface area contributed by atoms with E-state index < -0.39 is 4.92 Å². The first-order chi connectivity index (χ1) is 9.60. The van der Waals surface area contributed by atoms with E-state index in [1.54, 1.807) is 12.1 Å². The second-order valence-electron chi connectivity index (χ2n) is 3.82. The summed E-state index contributed by atoms with van der Waals surface area (Å²) in [6, 6.07) is 7.04. The second-order valence-corrected chi connectivity index (χ2v) is 3.82. The van der Waals surface area contributed by atoms with Gasteiger partial charge in [0.2, 0.25) is 5.88 Å².